The highest BCUT2D eigenvalue weighted by atomic mass is 35.5. The van der Waals surface area contributed by atoms with E-state index in [-0.39, 0.29) is 27.9 Å². The molecule has 0 atom stereocenters. The molecule has 6 nitrogen and oxygen atoms in total. The molecule has 0 unspecified atom stereocenters. The van der Waals surface area contributed by atoms with Crippen molar-refractivity contribution >= 4 is 52.5 Å². The minimum Gasteiger partial charge on any atom is -0.450 e. The molecule has 1 aromatic carbocycles. The van der Waals surface area contributed by atoms with Gasteiger partial charge in [0.25, 0.3) is 5.91 Å². The van der Waals surface area contributed by atoms with Crippen molar-refractivity contribution in [1.82, 2.24) is 5.32 Å². The minimum absolute atomic E-state index is 0.0962. The van der Waals surface area contributed by atoms with E-state index < -0.39 is 12.0 Å². The number of anilines is 1. The van der Waals surface area contributed by atoms with Crippen LogP contribution in [0.15, 0.2) is 23.9 Å². The highest BCUT2D eigenvalue weighted by Crippen LogP contribution is 2.33. The van der Waals surface area contributed by atoms with Gasteiger partial charge in [-0.05, 0) is 19.1 Å². The van der Waals surface area contributed by atoms with Crippen molar-refractivity contribution in [3.63, 3.8) is 0 Å². The van der Waals surface area contributed by atoms with Crippen LogP contribution in [-0.4, -0.2) is 18.6 Å². The number of carbonyl (C=O) groups is 2. The summed E-state index contributed by atoms with van der Waals surface area (Å²) in [6, 6.07) is 4.52. The summed E-state index contributed by atoms with van der Waals surface area (Å²) in [5.74, 6) is -0.922. The van der Waals surface area contributed by atoms with Crippen LogP contribution in [0.5, 0.6) is 0 Å². The Labute approximate surface area is 141 Å². The molecule has 0 aliphatic rings. The largest absolute Gasteiger partial charge is 0.450 e. The molecule has 0 aromatic heterocycles. The molecule has 0 bridgehead atoms. The topological polar surface area (TPSA) is 91.2 Å². The summed E-state index contributed by atoms with van der Waals surface area (Å²) in [4.78, 5) is 22.8. The van der Waals surface area contributed by atoms with Crippen LogP contribution in [0.2, 0.25) is 15.1 Å². The quantitative estimate of drug-likeness (QED) is 0.629. The van der Waals surface area contributed by atoms with E-state index in [2.05, 4.69) is 10.1 Å². The molecule has 0 fully saturated rings. The SMILES string of the molecule is CCOC(=O)NC(=O)/C(C#N)=C\Nc1c(Cl)cc(Cl)cc1Cl. The van der Waals surface area contributed by atoms with Crippen molar-refractivity contribution in [3.05, 3.63) is 39.0 Å². The predicted molar refractivity (Wildman–Crippen MR) is 84.0 cm³/mol. The first kappa shape index (κ1) is 18.1. The molecule has 116 valence electrons. The highest BCUT2D eigenvalue weighted by molar-refractivity contribution is 6.41. The van der Waals surface area contributed by atoms with Gasteiger partial charge >= 0.3 is 6.09 Å². The van der Waals surface area contributed by atoms with Gasteiger partial charge in [0.05, 0.1) is 22.3 Å². The molecule has 0 radical (unpaired) electrons. The maximum absolute atomic E-state index is 11.7. The number of nitrogens with zero attached hydrogens (tertiary/aromatic N) is 1. The fourth-order valence-corrected chi connectivity index (χ4v) is 2.23. The number of alkyl carbamates (subject to hydrolysis) is 1. The summed E-state index contributed by atoms with van der Waals surface area (Å²) >= 11 is 17.7. The lowest BCUT2D eigenvalue weighted by Crippen LogP contribution is -2.32. The van der Waals surface area contributed by atoms with Crippen LogP contribution in [-0.2, 0) is 9.53 Å². The summed E-state index contributed by atoms with van der Waals surface area (Å²) in [5, 5.41) is 14.2. The molecule has 22 heavy (non-hydrogen) atoms. The van der Waals surface area contributed by atoms with Crippen LogP contribution in [0.3, 0.4) is 0 Å². The number of rotatable bonds is 4. The van der Waals surface area contributed by atoms with Crippen molar-refractivity contribution in [1.29, 1.82) is 5.26 Å². The van der Waals surface area contributed by atoms with E-state index in [1.165, 1.54) is 12.1 Å². The van der Waals surface area contributed by atoms with Gasteiger partial charge in [-0.25, -0.2) is 4.79 Å². The number of halogens is 3. The maximum atomic E-state index is 11.7. The Morgan fingerprint density at radius 3 is 2.41 bits per heavy atom. The van der Waals surface area contributed by atoms with E-state index >= 15 is 0 Å². The predicted octanol–water partition coefficient (Wildman–Crippen LogP) is 3.74. The number of hydrogen-bond donors (Lipinski definition) is 2. The second-order valence-corrected chi connectivity index (χ2v) is 4.98. The van der Waals surface area contributed by atoms with E-state index in [9.17, 15) is 9.59 Å². The molecule has 1 rings (SSSR count). The molecule has 0 saturated carbocycles. The van der Waals surface area contributed by atoms with Crippen LogP contribution in [0, 0.1) is 11.3 Å². The lowest BCUT2D eigenvalue weighted by molar-refractivity contribution is -0.116. The number of benzene rings is 1. The Hall–Kier alpha value is -1.94. The number of imide groups is 1. The number of nitriles is 1. The van der Waals surface area contributed by atoms with E-state index in [4.69, 9.17) is 40.1 Å². The van der Waals surface area contributed by atoms with E-state index in [0.29, 0.717) is 5.02 Å². The first-order valence-corrected chi connectivity index (χ1v) is 7.01. The van der Waals surface area contributed by atoms with Crippen molar-refractivity contribution in [3.8, 4) is 6.07 Å². The Balaban J connectivity index is 2.89. The molecular formula is C13H10Cl3N3O3. The lowest BCUT2D eigenvalue weighted by Gasteiger charge is -2.08. The van der Waals surface area contributed by atoms with Gasteiger partial charge in [-0.1, -0.05) is 34.8 Å². The van der Waals surface area contributed by atoms with Gasteiger partial charge in [0.15, 0.2) is 0 Å². The zero-order valence-electron chi connectivity index (χ0n) is 11.2. The van der Waals surface area contributed by atoms with Crippen LogP contribution < -0.4 is 10.6 Å². The Bertz CT molecular complexity index is 645. The zero-order chi connectivity index (χ0) is 16.7. The highest BCUT2D eigenvalue weighted by Gasteiger charge is 2.14. The number of nitrogens with one attached hydrogen (secondary N) is 2. The van der Waals surface area contributed by atoms with Crippen LogP contribution >= 0.6 is 34.8 Å². The number of amides is 2. The fourth-order valence-electron chi connectivity index (χ4n) is 1.30. The van der Waals surface area contributed by atoms with Gasteiger partial charge in [0.1, 0.15) is 11.6 Å². The Morgan fingerprint density at radius 1 is 1.32 bits per heavy atom. The smallest absolute Gasteiger partial charge is 0.414 e. The minimum atomic E-state index is -0.948. The third-order valence-electron chi connectivity index (χ3n) is 2.22. The molecule has 2 N–H and O–H groups in total. The summed E-state index contributed by atoms with van der Waals surface area (Å²) < 4.78 is 4.54. The van der Waals surface area contributed by atoms with Crippen molar-refractivity contribution < 1.29 is 14.3 Å². The number of ether oxygens (including phenoxy) is 1. The van der Waals surface area contributed by atoms with E-state index in [1.807, 2.05) is 5.32 Å². The average Bonchev–Trinajstić information content (AvgIpc) is 2.41. The summed E-state index contributed by atoms with van der Waals surface area (Å²) in [5.41, 5.74) is -0.0976. The zero-order valence-corrected chi connectivity index (χ0v) is 13.5. The maximum Gasteiger partial charge on any atom is 0.414 e. The van der Waals surface area contributed by atoms with Crippen LogP contribution in [0.4, 0.5) is 10.5 Å². The first-order valence-electron chi connectivity index (χ1n) is 5.88. The molecular weight excluding hydrogens is 353 g/mol. The third kappa shape index (κ3) is 5.11. The van der Waals surface area contributed by atoms with E-state index in [1.54, 1.807) is 13.0 Å². The monoisotopic (exact) mass is 361 g/mol. The molecule has 0 spiro atoms. The number of hydrogen-bond acceptors (Lipinski definition) is 5. The Morgan fingerprint density at radius 2 is 1.91 bits per heavy atom. The van der Waals surface area contributed by atoms with Crippen molar-refractivity contribution in [2.45, 2.75) is 6.92 Å². The molecule has 0 aliphatic carbocycles. The summed E-state index contributed by atoms with van der Waals surface area (Å²) in [6.07, 6.45) is 0.117. The van der Waals surface area contributed by atoms with Gasteiger partial charge in [0.2, 0.25) is 0 Å². The van der Waals surface area contributed by atoms with Crippen molar-refractivity contribution in [2.75, 3.05) is 11.9 Å². The second kappa shape index (κ2) is 8.49. The second-order valence-electron chi connectivity index (χ2n) is 3.73. The van der Waals surface area contributed by atoms with E-state index in [0.717, 1.165) is 6.20 Å². The fraction of sp³-hybridized carbons (Fsp3) is 0.154. The molecule has 0 aliphatic heterocycles. The van der Waals surface area contributed by atoms with Gasteiger partial charge in [0, 0.05) is 11.2 Å². The van der Waals surface area contributed by atoms with Gasteiger partial charge in [-0.3, -0.25) is 10.1 Å². The van der Waals surface area contributed by atoms with Gasteiger partial charge < -0.3 is 10.1 Å². The van der Waals surface area contributed by atoms with Crippen LogP contribution in [0.1, 0.15) is 6.92 Å². The Kier molecular flexibility index (Phi) is 6.99. The van der Waals surface area contributed by atoms with Crippen LogP contribution in [0.25, 0.3) is 0 Å². The third-order valence-corrected chi connectivity index (χ3v) is 3.04. The van der Waals surface area contributed by atoms with Gasteiger partial charge in [-0.2, -0.15) is 5.26 Å². The number of carbonyl (C=O) groups excluding carboxylic acids is 2. The van der Waals surface area contributed by atoms with Gasteiger partial charge in [-0.15, -0.1) is 0 Å². The normalized spacial score (nSPS) is 10.6. The summed E-state index contributed by atoms with van der Waals surface area (Å²) in [6.45, 7) is 1.68. The molecule has 0 saturated heterocycles. The average molecular weight is 363 g/mol. The van der Waals surface area contributed by atoms with Crippen molar-refractivity contribution in [2.24, 2.45) is 0 Å². The molecule has 2 amide bonds. The first-order chi connectivity index (χ1) is 10.4. The molecule has 0 heterocycles. The lowest BCUT2D eigenvalue weighted by atomic mass is 10.3. The standard InChI is InChI=1S/C13H10Cl3N3O3/c1-2-22-13(21)19-12(20)7(5-17)6-18-11-9(15)3-8(14)4-10(11)16/h3-4,6,18H,2H2,1H3,(H,19,20,21)/b7-6-. The molecule has 9 heteroatoms. The molecule has 1 aromatic rings. The summed E-state index contributed by atoms with van der Waals surface area (Å²) in [7, 11) is 0.